The molecule has 0 saturated heterocycles. The number of para-hydroxylation sites is 3. The van der Waals surface area contributed by atoms with Gasteiger partial charge in [-0.2, -0.15) is 0 Å². The minimum absolute atomic E-state index is 0.0443. The number of hydrogen-bond acceptors (Lipinski definition) is 4. The molecule has 0 N–H and O–H groups in total. The van der Waals surface area contributed by atoms with E-state index in [4.69, 9.17) is 4.98 Å². The average molecular weight is 788 g/mol. The van der Waals surface area contributed by atoms with Gasteiger partial charge in [0, 0.05) is 32.7 Å². The summed E-state index contributed by atoms with van der Waals surface area (Å²) in [5.74, 6) is -0.607. The topological polar surface area (TPSA) is 71.7 Å². The molecule has 3 heterocycles. The van der Waals surface area contributed by atoms with Gasteiger partial charge in [0.15, 0.2) is 0 Å². The van der Waals surface area contributed by atoms with E-state index in [0.717, 1.165) is 70.3 Å². The van der Waals surface area contributed by atoms with Crippen molar-refractivity contribution in [3.05, 3.63) is 173 Å². The lowest BCUT2D eigenvalue weighted by Crippen LogP contribution is -2.40. The standard InChI is InChI=1S/C56H25N3O3/c60-54-41-24-20-37-33-16-12-29-27-10-14-31-35-18-22-39-51-40(56(62)59-44-9-5-4-8-43(44)57-53(39)59)23-19-36(49(35)51)32-15-11-28(45(27)47(31)32)30-13-17-34(48(33)46(29)30)38-21-25-42(52(41)50(37)38)55(61)58(54)26-6-2-1-3-7-26/h1-25H. The van der Waals surface area contributed by atoms with Crippen molar-refractivity contribution in [1.82, 2.24) is 9.38 Å². The number of carbonyl (C=O) groups excluding carboxylic acids is 2. The van der Waals surface area contributed by atoms with Crippen molar-refractivity contribution in [1.29, 1.82) is 0 Å². The van der Waals surface area contributed by atoms with Crippen molar-refractivity contribution in [3.8, 4) is 0 Å². The third-order valence-corrected chi connectivity index (χ3v) is 14.5. The first kappa shape index (κ1) is 31.4. The van der Waals surface area contributed by atoms with Crippen LogP contribution >= 0.6 is 0 Å². The van der Waals surface area contributed by atoms with Crippen molar-refractivity contribution in [2.24, 2.45) is 0 Å². The van der Waals surface area contributed by atoms with Gasteiger partial charge in [-0.05, 0) is 145 Å². The molecule has 13 aromatic carbocycles. The molecule has 6 heteroatoms. The van der Waals surface area contributed by atoms with Crippen LogP contribution in [0.3, 0.4) is 0 Å². The third-order valence-electron chi connectivity index (χ3n) is 14.5. The minimum atomic E-state index is -0.303. The zero-order valence-corrected chi connectivity index (χ0v) is 32.5. The molecule has 6 nitrogen and oxygen atoms in total. The molecule has 0 radical (unpaired) electrons. The van der Waals surface area contributed by atoms with Gasteiger partial charge < -0.3 is 0 Å². The number of nitrogens with zero attached hydrogens (tertiary/aromatic N) is 3. The zero-order valence-electron chi connectivity index (χ0n) is 32.5. The van der Waals surface area contributed by atoms with Crippen LogP contribution in [0.2, 0.25) is 0 Å². The van der Waals surface area contributed by atoms with Gasteiger partial charge in [0.25, 0.3) is 17.4 Å². The molecule has 0 bridgehead atoms. The van der Waals surface area contributed by atoms with E-state index >= 15 is 0 Å². The van der Waals surface area contributed by atoms with Gasteiger partial charge in [-0.3, -0.25) is 18.8 Å². The largest absolute Gasteiger partial charge is 0.268 e. The maximum atomic E-state index is 14.3. The van der Waals surface area contributed by atoms with E-state index in [2.05, 4.69) is 78.9 Å². The molecule has 0 aliphatic carbocycles. The number of pyridine rings is 1. The molecular weight excluding hydrogens is 763 g/mol. The summed E-state index contributed by atoms with van der Waals surface area (Å²) < 4.78 is 1.78. The van der Waals surface area contributed by atoms with Crippen molar-refractivity contribution < 1.29 is 9.59 Å². The van der Waals surface area contributed by atoms with Crippen molar-refractivity contribution in [2.45, 2.75) is 0 Å². The Morgan fingerprint density at radius 1 is 0.323 bits per heavy atom. The molecule has 62 heavy (non-hydrogen) atoms. The number of fused-ring (bicyclic) bond motifs is 10. The molecule has 0 spiro atoms. The van der Waals surface area contributed by atoms with E-state index in [-0.39, 0.29) is 17.4 Å². The van der Waals surface area contributed by atoms with Gasteiger partial charge >= 0.3 is 0 Å². The normalized spacial score (nSPS) is 13.9. The molecule has 2 aromatic heterocycles. The van der Waals surface area contributed by atoms with Crippen LogP contribution in [0.25, 0.3) is 135 Å². The van der Waals surface area contributed by atoms with Crippen molar-refractivity contribution >= 4 is 153 Å². The van der Waals surface area contributed by atoms with Crippen LogP contribution in [0.1, 0.15) is 20.7 Å². The van der Waals surface area contributed by atoms with E-state index in [0.29, 0.717) is 27.8 Å². The molecule has 282 valence electrons. The molecule has 1 aliphatic rings. The molecule has 1 aliphatic heterocycles. The fourth-order valence-electron chi connectivity index (χ4n) is 12.1. The first-order chi connectivity index (χ1) is 30.5. The number of imidazole rings is 1. The summed E-state index contributed by atoms with van der Waals surface area (Å²) in [6.07, 6.45) is 0. The Hall–Kier alpha value is -8.48. The maximum Gasteiger partial charge on any atom is 0.265 e. The molecule has 2 amide bonds. The summed E-state index contributed by atoms with van der Waals surface area (Å²) in [6.45, 7) is 0. The molecule has 0 unspecified atom stereocenters. The number of amides is 2. The smallest absolute Gasteiger partial charge is 0.265 e. The van der Waals surface area contributed by atoms with Crippen molar-refractivity contribution in [2.75, 3.05) is 4.90 Å². The Balaban J connectivity index is 1.00. The highest BCUT2D eigenvalue weighted by Crippen LogP contribution is 2.52. The molecular formula is C56H25N3O3. The number of carbonyl (C=O) groups is 2. The number of hydrogen-bond donors (Lipinski definition) is 0. The quantitative estimate of drug-likeness (QED) is 0.0943. The van der Waals surface area contributed by atoms with Crippen LogP contribution in [0.4, 0.5) is 5.69 Å². The summed E-state index contributed by atoms with van der Waals surface area (Å²) in [7, 11) is 0. The summed E-state index contributed by atoms with van der Waals surface area (Å²) >= 11 is 0. The lowest BCUT2D eigenvalue weighted by Gasteiger charge is -2.28. The summed E-state index contributed by atoms with van der Waals surface area (Å²) in [4.78, 5) is 48.9. The summed E-state index contributed by atoms with van der Waals surface area (Å²) in [6, 6.07) is 51.7. The molecule has 0 atom stereocenters. The Morgan fingerprint density at radius 2 is 0.677 bits per heavy atom. The predicted octanol–water partition coefficient (Wildman–Crippen LogP) is 13.1. The second kappa shape index (κ2) is 10.3. The fraction of sp³-hybridized carbons (Fsp3) is 0. The first-order valence-corrected chi connectivity index (χ1v) is 20.9. The number of rotatable bonds is 1. The Bertz CT molecular complexity index is 4520. The third kappa shape index (κ3) is 3.34. The molecule has 0 saturated carbocycles. The van der Waals surface area contributed by atoms with Crippen LogP contribution < -0.4 is 10.5 Å². The monoisotopic (exact) mass is 787 g/mol. The highest BCUT2D eigenvalue weighted by Gasteiger charge is 2.35. The number of aromatic nitrogens is 2. The first-order valence-electron chi connectivity index (χ1n) is 20.9. The van der Waals surface area contributed by atoms with E-state index in [1.165, 1.54) is 58.8 Å². The molecule has 16 rings (SSSR count). The predicted molar refractivity (Wildman–Crippen MR) is 254 cm³/mol. The van der Waals surface area contributed by atoms with E-state index < -0.39 is 0 Å². The summed E-state index contributed by atoms with van der Waals surface area (Å²) in [5, 5.41) is 24.0. The number of benzene rings is 13. The second-order valence-corrected chi connectivity index (χ2v) is 17.1. The Kier molecular flexibility index (Phi) is 5.21. The lowest BCUT2D eigenvalue weighted by molar-refractivity contribution is 0.0893. The van der Waals surface area contributed by atoms with Gasteiger partial charge in [-0.25, -0.2) is 9.88 Å². The van der Waals surface area contributed by atoms with Crippen LogP contribution in [0.5, 0.6) is 0 Å². The van der Waals surface area contributed by atoms with Gasteiger partial charge in [-0.1, -0.05) is 103 Å². The minimum Gasteiger partial charge on any atom is -0.268 e. The average Bonchev–Trinajstić information content (AvgIpc) is 3.71. The fourth-order valence-corrected chi connectivity index (χ4v) is 12.1. The van der Waals surface area contributed by atoms with Crippen LogP contribution in [0.15, 0.2) is 156 Å². The number of anilines is 1. The zero-order chi connectivity index (χ0) is 40.4. The van der Waals surface area contributed by atoms with Gasteiger partial charge in [0.2, 0.25) is 0 Å². The van der Waals surface area contributed by atoms with E-state index in [9.17, 15) is 14.4 Å². The lowest BCUT2D eigenvalue weighted by atomic mass is 9.80. The SMILES string of the molecule is O=C1c2ccc3c4ccc5c6ccc7c8ccc9c(=O)n%10c%11ccccc%11nc%10c%10ccc(c%11ccc(c%12ccc(c%13ccc(c2c3%13)C(=O)N1c1ccccc1)c4c5%12)c6c7%11)c8c9%10. The molecule has 0 fully saturated rings. The van der Waals surface area contributed by atoms with Crippen LogP contribution in [0, 0.1) is 0 Å². The Labute approximate surface area is 348 Å². The van der Waals surface area contributed by atoms with Gasteiger partial charge in [0.05, 0.1) is 16.7 Å². The highest BCUT2D eigenvalue weighted by molar-refractivity contribution is 6.48. The van der Waals surface area contributed by atoms with E-state index in [1.54, 1.807) is 16.5 Å². The maximum absolute atomic E-state index is 14.3. The Morgan fingerprint density at radius 3 is 1.15 bits per heavy atom. The van der Waals surface area contributed by atoms with Gasteiger partial charge in [0.1, 0.15) is 5.65 Å². The summed E-state index contributed by atoms with van der Waals surface area (Å²) in [5.41, 5.74) is 3.93. The van der Waals surface area contributed by atoms with Crippen LogP contribution in [-0.2, 0) is 0 Å². The highest BCUT2D eigenvalue weighted by atomic mass is 16.2. The van der Waals surface area contributed by atoms with Crippen LogP contribution in [-0.4, -0.2) is 21.2 Å². The van der Waals surface area contributed by atoms with Gasteiger partial charge in [-0.15, -0.1) is 0 Å². The van der Waals surface area contributed by atoms with E-state index in [1.807, 2.05) is 60.7 Å². The second-order valence-electron chi connectivity index (χ2n) is 17.1. The molecule has 15 aromatic rings. The van der Waals surface area contributed by atoms with Crippen molar-refractivity contribution in [3.63, 3.8) is 0 Å². The number of imide groups is 1.